The summed E-state index contributed by atoms with van der Waals surface area (Å²) in [6.45, 7) is 9.24. The van der Waals surface area contributed by atoms with Crippen LogP contribution in [0.25, 0.3) is 0 Å². The van der Waals surface area contributed by atoms with E-state index >= 15 is 0 Å². The molecule has 0 amide bonds. The molecule has 0 heterocycles. The fourth-order valence-electron chi connectivity index (χ4n) is 1.45. The van der Waals surface area contributed by atoms with Gasteiger partial charge in [-0.15, -0.1) is 0 Å². The molecule has 0 rings (SSSR count). The zero-order valence-electron chi connectivity index (χ0n) is 13.5. The highest BCUT2D eigenvalue weighted by Gasteiger charge is 2.49. The molecule has 0 aliphatic rings. The molecule has 0 saturated heterocycles. The molecule has 0 saturated carbocycles. The van der Waals surface area contributed by atoms with Gasteiger partial charge in [-0.05, 0) is 13.3 Å². The van der Waals surface area contributed by atoms with E-state index in [-0.39, 0.29) is 23.5 Å². The molecule has 0 aliphatic heterocycles. The van der Waals surface area contributed by atoms with Crippen molar-refractivity contribution in [3.8, 4) is 0 Å². The molecular weight excluding hydrogens is 296 g/mol. The quantitative estimate of drug-likeness (QED) is 0.550. The van der Waals surface area contributed by atoms with Crippen molar-refractivity contribution in [3.05, 3.63) is 0 Å². The molecule has 0 fully saturated rings. The van der Waals surface area contributed by atoms with Crippen LogP contribution in [0.15, 0.2) is 0 Å². The van der Waals surface area contributed by atoms with E-state index in [1.54, 1.807) is 13.8 Å². The first-order chi connectivity index (χ1) is 9.62. The van der Waals surface area contributed by atoms with Crippen LogP contribution >= 0.6 is 11.8 Å². The summed E-state index contributed by atoms with van der Waals surface area (Å²) in [5, 5.41) is 0. The van der Waals surface area contributed by atoms with Crippen LogP contribution in [0.1, 0.15) is 41.0 Å². The fourth-order valence-corrected chi connectivity index (χ4v) is 2.57. The van der Waals surface area contributed by atoms with Gasteiger partial charge in [0.1, 0.15) is 0 Å². The maximum absolute atomic E-state index is 12.3. The van der Waals surface area contributed by atoms with Crippen LogP contribution in [-0.2, 0) is 23.8 Å². The predicted octanol–water partition coefficient (Wildman–Crippen LogP) is 2.79. The van der Waals surface area contributed by atoms with E-state index in [1.165, 1.54) is 18.9 Å². The molecule has 0 N–H and O–H groups in total. The molecule has 6 nitrogen and oxygen atoms in total. The molecule has 21 heavy (non-hydrogen) atoms. The number of hydrogen-bond acceptors (Lipinski definition) is 7. The van der Waals surface area contributed by atoms with Gasteiger partial charge in [-0.25, -0.2) is 4.79 Å². The third-order valence-corrected chi connectivity index (χ3v) is 4.26. The normalized spacial score (nSPS) is 14.0. The average Bonchev–Trinajstić information content (AvgIpc) is 2.38. The maximum atomic E-state index is 12.3. The number of carbonyl (C=O) groups is 3. The third-order valence-electron chi connectivity index (χ3n) is 2.76. The van der Waals surface area contributed by atoms with Crippen molar-refractivity contribution in [1.29, 1.82) is 0 Å². The summed E-state index contributed by atoms with van der Waals surface area (Å²) in [6.07, 6.45) is -0.939. The number of esters is 2. The molecule has 1 atom stereocenters. The third kappa shape index (κ3) is 5.95. The molecule has 122 valence electrons. The zero-order chi connectivity index (χ0) is 16.7. The summed E-state index contributed by atoms with van der Waals surface area (Å²) in [5.41, 5.74) is -1.51. The number of thioether (sulfide) groups is 1. The van der Waals surface area contributed by atoms with Crippen molar-refractivity contribution < 1.29 is 28.6 Å². The van der Waals surface area contributed by atoms with Gasteiger partial charge in [0.15, 0.2) is 5.41 Å². The zero-order valence-corrected chi connectivity index (χ0v) is 14.3. The maximum Gasteiger partial charge on any atom is 0.516 e. The van der Waals surface area contributed by atoms with Gasteiger partial charge in [-0.2, -0.15) is 11.8 Å². The first-order valence-electron chi connectivity index (χ1n) is 6.74. The smallest absolute Gasteiger partial charge is 0.468 e. The van der Waals surface area contributed by atoms with Crippen LogP contribution in [0.5, 0.6) is 0 Å². The molecule has 0 aromatic rings. The molecule has 0 spiro atoms. The lowest BCUT2D eigenvalue weighted by molar-refractivity contribution is -0.166. The summed E-state index contributed by atoms with van der Waals surface area (Å²) in [4.78, 5) is 35.6. The van der Waals surface area contributed by atoms with E-state index in [0.29, 0.717) is 0 Å². The fraction of sp³-hybridized carbons (Fsp3) is 0.786. The second kappa shape index (κ2) is 8.26. The second-order valence-corrected chi connectivity index (χ2v) is 7.20. The van der Waals surface area contributed by atoms with Gasteiger partial charge in [-0.3, -0.25) is 9.59 Å². The van der Waals surface area contributed by atoms with Crippen LogP contribution in [0.3, 0.4) is 0 Å². The first-order valence-corrected chi connectivity index (χ1v) is 7.73. The Bertz CT molecular complexity index is 387. The van der Waals surface area contributed by atoms with E-state index in [1.807, 2.05) is 20.8 Å². The van der Waals surface area contributed by atoms with Crippen molar-refractivity contribution in [2.45, 2.75) is 45.8 Å². The van der Waals surface area contributed by atoms with E-state index in [9.17, 15) is 14.4 Å². The lowest BCUT2D eigenvalue weighted by Crippen LogP contribution is -2.45. The van der Waals surface area contributed by atoms with Crippen molar-refractivity contribution >= 4 is 29.9 Å². The van der Waals surface area contributed by atoms with Gasteiger partial charge in [-0.1, -0.05) is 27.7 Å². The molecule has 0 aliphatic carbocycles. The summed E-state index contributed by atoms with van der Waals surface area (Å²) in [5.74, 6) is -1.49. The Hall–Kier alpha value is -1.24. The number of methoxy groups -OCH3 is 1. The lowest BCUT2D eigenvalue weighted by Gasteiger charge is -2.29. The van der Waals surface area contributed by atoms with Crippen molar-refractivity contribution in [1.82, 2.24) is 0 Å². The van der Waals surface area contributed by atoms with Crippen LogP contribution in [0.2, 0.25) is 0 Å². The number of carbonyl (C=O) groups excluding carboxylic acids is 3. The number of rotatable bonds is 6. The van der Waals surface area contributed by atoms with Crippen molar-refractivity contribution in [2.75, 3.05) is 19.5 Å². The highest BCUT2D eigenvalue weighted by Crippen LogP contribution is 2.36. The van der Waals surface area contributed by atoms with Crippen molar-refractivity contribution in [2.24, 2.45) is 5.41 Å². The van der Waals surface area contributed by atoms with Gasteiger partial charge in [0, 0.05) is 10.5 Å². The summed E-state index contributed by atoms with van der Waals surface area (Å²) < 4.78 is 13.8. The highest BCUT2D eigenvalue weighted by atomic mass is 32.2. The standard InChI is InChI=1S/C14H24O6S/c1-7-14(10(15)18-6,9-21-13(3,4)5)11(16)20-12(17)19-8-2/h7-9H2,1-6H3/t14-/m1/s1. The van der Waals surface area contributed by atoms with Gasteiger partial charge in [0.2, 0.25) is 0 Å². The Morgan fingerprint density at radius 2 is 1.62 bits per heavy atom. The predicted molar refractivity (Wildman–Crippen MR) is 80.1 cm³/mol. The van der Waals surface area contributed by atoms with Crippen molar-refractivity contribution in [3.63, 3.8) is 0 Å². The highest BCUT2D eigenvalue weighted by molar-refractivity contribution is 8.00. The Morgan fingerprint density at radius 3 is 2.00 bits per heavy atom. The molecule has 0 radical (unpaired) electrons. The Kier molecular flexibility index (Phi) is 7.78. The van der Waals surface area contributed by atoms with E-state index in [4.69, 9.17) is 4.74 Å². The summed E-state index contributed by atoms with van der Waals surface area (Å²) in [6, 6.07) is 0. The molecule has 0 aromatic carbocycles. The average molecular weight is 320 g/mol. The molecule has 0 bridgehead atoms. The van der Waals surface area contributed by atoms with E-state index in [0.717, 1.165) is 0 Å². The Labute approximate surface area is 129 Å². The largest absolute Gasteiger partial charge is 0.516 e. The van der Waals surface area contributed by atoms with Gasteiger partial charge < -0.3 is 14.2 Å². The second-order valence-electron chi connectivity index (χ2n) is 5.40. The molecule has 7 heteroatoms. The van der Waals surface area contributed by atoms with E-state index < -0.39 is 23.5 Å². The monoisotopic (exact) mass is 320 g/mol. The van der Waals surface area contributed by atoms with Crippen LogP contribution in [0.4, 0.5) is 4.79 Å². The Balaban J connectivity index is 5.23. The lowest BCUT2D eigenvalue weighted by atomic mass is 9.87. The summed E-state index contributed by atoms with van der Waals surface area (Å²) >= 11 is 1.42. The van der Waals surface area contributed by atoms with Crippen LogP contribution in [0, 0.1) is 5.41 Å². The van der Waals surface area contributed by atoms with E-state index in [2.05, 4.69) is 9.47 Å². The molecule has 0 aromatic heterocycles. The minimum absolute atomic E-state index is 0.0835. The van der Waals surface area contributed by atoms with Gasteiger partial charge in [0.25, 0.3) is 0 Å². The SMILES string of the molecule is CCOC(=O)OC(=O)[C@](CC)(CSC(C)(C)C)C(=O)OC. The van der Waals surface area contributed by atoms with Crippen LogP contribution in [-0.4, -0.2) is 42.3 Å². The summed E-state index contributed by atoms with van der Waals surface area (Å²) in [7, 11) is 1.20. The minimum atomic E-state index is -1.51. The number of ether oxygens (including phenoxy) is 3. The number of hydrogen-bond donors (Lipinski definition) is 0. The topological polar surface area (TPSA) is 78.9 Å². The molecule has 0 unspecified atom stereocenters. The van der Waals surface area contributed by atoms with Gasteiger partial charge >= 0.3 is 18.1 Å². The first kappa shape index (κ1) is 19.8. The Morgan fingerprint density at radius 1 is 1.05 bits per heavy atom. The van der Waals surface area contributed by atoms with Gasteiger partial charge in [0.05, 0.1) is 13.7 Å². The minimum Gasteiger partial charge on any atom is -0.468 e. The van der Waals surface area contributed by atoms with Crippen LogP contribution < -0.4 is 0 Å². The molecular formula is C14H24O6S.